The predicted molar refractivity (Wildman–Crippen MR) is 125 cm³/mol. The van der Waals surface area contributed by atoms with E-state index in [2.05, 4.69) is 0 Å². The Morgan fingerprint density at radius 2 is 1.36 bits per heavy atom. The number of esters is 1. The van der Waals surface area contributed by atoms with Crippen molar-refractivity contribution in [1.29, 1.82) is 0 Å². The predicted octanol–water partition coefficient (Wildman–Crippen LogP) is 5.24. The zero-order valence-corrected chi connectivity index (χ0v) is 18.9. The highest BCUT2D eigenvalue weighted by atomic mass is 16.5. The van der Waals surface area contributed by atoms with E-state index in [-0.39, 0.29) is 42.5 Å². The molecule has 3 aromatic carbocycles. The van der Waals surface area contributed by atoms with Gasteiger partial charge in [0.2, 0.25) is 0 Å². The highest BCUT2D eigenvalue weighted by Crippen LogP contribution is 2.32. The molecule has 33 heavy (non-hydrogen) atoms. The maximum atomic E-state index is 12.9. The van der Waals surface area contributed by atoms with E-state index in [4.69, 9.17) is 18.9 Å². The maximum absolute atomic E-state index is 12.9. The minimum Gasteiger partial charge on any atom is -0.489 e. The summed E-state index contributed by atoms with van der Waals surface area (Å²) in [4.78, 5) is 25.8. The SMILES string of the molecule is CCOCC(=O)c1cc(OCc2ccccc2)cc(OCc2ccccc2)c1C(=O)OCC. The molecule has 3 aromatic rings. The summed E-state index contributed by atoms with van der Waals surface area (Å²) in [5, 5.41) is 0. The van der Waals surface area contributed by atoms with Crippen LogP contribution < -0.4 is 9.47 Å². The molecule has 0 aliphatic carbocycles. The summed E-state index contributed by atoms with van der Waals surface area (Å²) in [6, 6.07) is 22.4. The van der Waals surface area contributed by atoms with Gasteiger partial charge in [0.05, 0.1) is 6.61 Å². The normalized spacial score (nSPS) is 10.5. The largest absolute Gasteiger partial charge is 0.489 e. The van der Waals surface area contributed by atoms with E-state index in [1.165, 1.54) is 0 Å². The molecule has 0 heterocycles. The molecular weight excluding hydrogens is 420 g/mol. The summed E-state index contributed by atoms with van der Waals surface area (Å²) in [6.07, 6.45) is 0. The topological polar surface area (TPSA) is 71.1 Å². The highest BCUT2D eigenvalue weighted by Gasteiger charge is 2.25. The van der Waals surface area contributed by atoms with E-state index in [1.54, 1.807) is 26.0 Å². The first-order valence-corrected chi connectivity index (χ1v) is 10.9. The third-order valence-electron chi connectivity index (χ3n) is 4.78. The molecule has 0 bridgehead atoms. The molecule has 6 heteroatoms. The summed E-state index contributed by atoms with van der Waals surface area (Å²) in [7, 11) is 0. The van der Waals surface area contributed by atoms with Gasteiger partial charge in [-0.15, -0.1) is 0 Å². The molecular formula is C27H28O6. The summed E-state index contributed by atoms with van der Waals surface area (Å²) < 4.78 is 22.5. The smallest absolute Gasteiger partial charge is 0.342 e. The Labute approximate surface area is 194 Å². The first-order chi connectivity index (χ1) is 16.1. The van der Waals surface area contributed by atoms with Gasteiger partial charge in [0.1, 0.15) is 36.9 Å². The zero-order chi connectivity index (χ0) is 23.5. The fourth-order valence-corrected chi connectivity index (χ4v) is 3.17. The summed E-state index contributed by atoms with van der Waals surface area (Å²) in [5.74, 6) is -0.345. The van der Waals surface area contributed by atoms with Crippen LogP contribution in [0.15, 0.2) is 72.8 Å². The molecule has 0 unspecified atom stereocenters. The van der Waals surface area contributed by atoms with Crippen LogP contribution in [0.2, 0.25) is 0 Å². The van der Waals surface area contributed by atoms with Crippen LogP contribution in [0, 0.1) is 0 Å². The lowest BCUT2D eigenvalue weighted by molar-refractivity contribution is 0.0515. The quantitative estimate of drug-likeness (QED) is 0.279. The second-order valence-electron chi connectivity index (χ2n) is 7.17. The Hall–Kier alpha value is -3.64. The van der Waals surface area contributed by atoms with Gasteiger partial charge < -0.3 is 18.9 Å². The van der Waals surface area contributed by atoms with E-state index in [0.717, 1.165) is 11.1 Å². The fraction of sp³-hybridized carbons (Fsp3) is 0.259. The Balaban J connectivity index is 1.98. The first-order valence-electron chi connectivity index (χ1n) is 10.9. The third-order valence-corrected chi connectivity index (χ3v) is 4.78. The number of rotatable bonds is 12. The van der Waals surface area contributed by atoms with E-state index >= 15 is 0 Å². The van der Waals surface area contributed by atoms with Gasteiger partial charge in [0, 0.05) is 18.2 Å². The lowest BCUT2D eigenvalue weighted by atomic mass is 10.0. The van der Waals surface area contributed by atoms with E-state index in [0.29, 0.717) is 19.0 Å². The second kappa shape index (κ2) is 12.4. The van der Waals surface area contributed by atoms with E-state index < -0.39 is 5.97 Å². The van der Waals surface area contributed by atoms with Crippen LogP contribution in [-0.2, 0) is 22.7 Å². The van der Waals surface area contributed by atoms with Crippen molar-refractivity contribution < 1.29 is 28.5 Å². The van der Waals surface area contributed by atoms with Crippen LogP contribution in [0.1, 0.15) is 45.7 Å². The van der Waals surface area contributed by atoms with Crippen LogP contribution in [0.3, 0.4) is 0 Å². The van der Waals surface area contributed by atoms with Crippen LogP contribution in [0.4, 0.5) is 0 Å². The van der Waals surface area contributed by atoms with Crippen LogP contribution in [0.25, 0.3) is 0 Å². The van der Waals surface area contributed by atoms with Crippen molar-refractivity contribution in [2.45, 2.75) is 27.1 Å². The molecule has 172 valence electrons. The highest BCUT2D eigenvalue weighted by molar-refractivity contribution is 6.09. The standard InChI is InChI=1S/C27H28O6/c1-3-30-19-24(28)23-15-22(32-17-20-11-7-5-8-12-20)16-25(26(23)27(29)31-4-2)33-18-21-13-9-6-10-14-21/h5-16H,3-4,17-19H2,1-2H3. The number of benzene rings is 3. The van der Waals surface area contributed by atoms with Crippen molar-refractivity contribution in [3.05, 3.63) is 95.1 Å². The minimum atomic E-state index is -0.630. The molecule has 0 aliphatic heterocycles. The van der Waals surface area contributed by atoms with Crippen LogP contribution in [0.5, 0.6) is 11.5 Å². The lowest BCUT2D eigenvalue weighted by Crippen LogP contribution is -2.18. The molecule has 0 atom stereocenters. The van der Waals surface area contributed by atoms with Gasteiger partial charge in [-0.2, -0.15) is 0 Å². The van der Waals surface area contributed by atoms with Crippen molar-refractivity contribution in [3.8, 4) is 11.5 Å². The summed E-state index contributed by atoms with van der Waals surface area (Å²) in [6.45, 7) is 4.41. The summed E-state index contributed by atoms with van der Waals surface area (Å²) in [5.41, 5.74) is 2.12. The Kier molecular flexibility index (Phi) is 9.03. The van der Waals surface area contributed by atoms with Crippen molar-refractivity contribution in [1.82, 2.24) is 0 Å². The summed E-state index contributed by atoms with van der Waals surface area (Å²) >= 11 is 0. The molecule has 3 rings (SSSR count). The van der Waals surface area contributed by atoms with Gasteiger partial charge in [-0.25, -0.2) is 4.79 Å². The average molecular weight is 449 g/mol. The fourth-order valence-electron chi connectivity index (χ4n) is 3.17. The number of carbonyl (C=O) groups excluding carboxylic acids is 2. The molecule has 0 saturated heterocycles. The number of carbonyl (C=O) groups is 2. The third kappa shape index (κ3) is 6.92. The number of ketones is 1. The minimum absolute atomic E-state index is 0.0737. The zero-order valence-electron chi connectivity index (χ0n) is 18.9. The molecule has 0 aliphatic rings. The Bertz CT molecular complexity index is 1050. The maximum Gasteiger partial charge on any atom is 0.342 e. The van der Waals surface area contributed by atoms with E-state index in [9.17, 15) is 9.59 Å². The van der Waals surface area contributed by atoms with E-state index in [1.807, 2.05) is 60.7 Å². The molecule has 0 aromatic heterocycles. The van der Waals surface area contributed by atoms with Gasteiger partial charge in [-0.3, -0.25) is 4.79 Å². The van der Waals surface area contributed by atoms with Crippen molar-refractivity contribution in [2.24, 2.45) is 0 Å². The average Bonchev–Trinajstić information content (AvgIpc) is 2.85. The second-order valence-corrected chi connectivity index (χ2v) is 7.17. The van der Waals surface area contributed by atoms with Crippen molar-refractivity contribution >= 4 is 11.8 Å². The molecule has 0 N–H and O–H groups in total. The molecule has 0 saturated carbocycles. The molecule has 6 nitrogen and oxygen atoms in total. The Morgan fingerprint density at radius 3 is 1.94 bits per heavy atom. The number of Topliss-reactive ketones (excluding diaryl/α,β-unsaturated/α-hetero) is 1. The van der Waals surface area contributed by atoms with Crippen LogP contribution >= 0.6 is 0 Å². The van der Waals surface area contributed by atoms with Gasteiger partial charge in [-0.1, -0.05) is 60.7 Å². The number of hydrogen-bond donors (Lipinski definition) is 0. The van der Waals surface area contributed by atoms with Gasteiger partial charge in [0.25, 0.3) is 0 Å². The Morgan fingerprint density at radius 1 is 0.758 bits per heavy atom. The number of hydrogen-bond acceptors (Lipinski definition) is 6. The molecule has 0 fully saturated rings. The van der Waals surface area contributed by atoms with Gasteiger partial charge in [-0.05, 0) is 31.0 Å². The molecule has 0 spiro atoms. The molecule has 0 radical (unpaired) electrons. The van der Waals surface area contributed by atoms with Gasteiger partial charge in [0.15, 0.2) is 5.78 Å². The number of ether oxygens (including phenoxy) is 4. The van der Waals surface area contributed by atoms with Crippen molar-refractivity contribution in [3.63, 3.8) is 0 Å². The van der Waals surface area contributed by atoms with Crippen molar-refractivity contribution in [2.75, 3.05) is 19.8 Å². The van der Waals surface area contributed by atoms with Gasteiger partial charge >= 0.3 is 5.97 Å². The van der Waals surface area contributed by atoms with Crippen LogP contribution in [-0.4, -0.2) is 31.6 Å². The molecule has 0 amide bonds. The first kappa shape index (κ1) is 24.0. The lowest BCUT2D eigenvalue weighted by Gasteiger charge is -2.17. The monoisotopic (exact) mass is 448 g/mol.